The molecule has 2 heterocycles. The molecule has 0 saturated heterocycles. The second-order valence-corrected chi connectivity index (χ2v) is 14.4. The standard InChI is InChI=1S/C35H24ClN9O7S2/c1-17-6-9-20(10-7-17)37-33-41-32(36)42-34(43-33)38-21-14-22(16-23(15-21)54(50,51)52)44-45-28-24-11-8-18(31(48)49)12-19(24)13-25(29(28)46)30(47)40-35-39-26-4-2-3-5-27(26)53-35/h2-16,46H,1H3,(H,48,49)(H,39,40,47)(H,50,51,52)(H2,37,38,41,42,43). The van der Waals surface area contributed by atoms with Gasteiger partial charge < -0.3 is 20.8 Å². The van der Waals surface area contributed by atoms with Crippen molar-refractivity contribution in [2.75, 3.05) is 16.0 Å². The number of carboxylic acids is 1. The Balaban J connectivity index is 1.26. The summed E-state index contributed by atoms with van der Waals surface area (Å²) in [6, 6.07) is 23.3. The van der Waals surface area contributed by atoms with Gasteiger partial charge in [-0.05, 0) is 84.6 Å². The molecule has 0 aliphatic carbocycles. The fourth-order valence-corrected chi connectivity index (χ4v) is 6.77. The molecule has 7 aromatic rings. The highest BCUT2D eigenvalue weighted by molar-refractivity contribution is 7.85. The number of anilines is 5. The zero-order chi connectivity index (χ0) is 38.1. The minimum atomic E-state index is -4.79. The van der Waals surface area contributed by atoms with Crippen molar-refractivity contribution in [2.45, 2.75) is 11.8 Å². The van der Waals surface area contributed by atoms with Crippen LogP contribution < -0.4 is 16.0 Å². The minimum absolute atomic E-state index is 0.0340. The van der Waals surface area contributed by atoms with Gasteiger partial charge in [0.05, 0.1) is 31.9 Å². The molecule has 7 rings (SSSR count). The van der Waals surface area contributed by atoms with Crippen molar-refractivity contribution in [1.29, 1.82) is 0 Å². The Morgan fingerprint density at radius 2 is 1.56 bits per heavy atom. The molecule has 0 aliphatic rings. The molecule has 1 amide bonds. The maximum absolute atomic E-state index is 13.5. The van der Waals surface area contributed by atoms with Gasteiger partial charge >= 0.3 is 5.97 Å². The number of nitrogens with one attached hydrogen (secondary N) is 3. The van der Waals surface area contributed by atoms with Gasteiger partial charge in [-0.25, -0.2) is 9.78 Å². The number of aryl methyl sites for hydroxylation is 1. The summed E-state index contributed by atoms with van der Waals surface area (Å²) in [7, 11) is -4.79. The van der Waals surface area contributed by atoms with Crippen LogP contribution in [-0.4, -0.2) is 55.0 Å². The first-order chi connectivity index (χ1) is 25.8. The summed E-state index contributed by atoms with van der Waals surface area (Å²) >= 11 is 7.36. The molecule has 0 aliphatic heterocycles. The van der Waals surface area contributed by atoms with Gasteiger partial charge in [0.15, 0.2) is 10.9 Å². The zero-order valence-corrected chi connectivity index (χ0v) is 29.9. The number of aromatic hydroxyl groups is 1. The lowest BCUT2D eigenvalue weighted by Crippen LogP contribution is -2.12. The van der Waals surface area contributed by atoms with Crippen molar-refractivity contribution in [2.24, 2.45) is 10.2 Å². The van der Waals surface area contributed by atoms with Gasteiger partial charge in [-0.2, -0.15) is 28.5 Å². The number of fused-ring (bicyclic) bond motifs is 2. The summed E-state index contributed by atoms with van der Waals surface area (Å²) < 4.78 is 35.3. The number of carboxylic acid groups (broad SMARTS) is 1. The number of azo groups is 1. The predicted octanol–water partition coefficient (Wildman–Crippen LogP) is 8.40. The number of para-hydroxylation sites is 1. The van der Waals surface area contributed by atoms with Gasteiger partial charge in [-0.3, -0.25) is 14.7 Å². The van der Waals surface area contributed by atoms with Gasteiger partial charge in [-0.1, -0.05) is 47.2 Å². The maximum atomic E-state index is 13.5. The van der Waals surface area contributed by atoms with E-state index in [0.717, 1.165) is 22.4 Å². The molecule has 19 heteroatoms. The summed E-state index contributed by atoms with van der Waals surface area (Å²) in [6.45, 7) is 1.93. The van der Waals surface area contributed by atoms with E-state index in [9.17, 15) is 32.8 Å². The first-order valence-corrected chi connectivity index (χ1v) is 18.2. The highest BCUT2D eigenvalue weighted by atomic mass is 35.5. The average molecular weight is 782 g/mol. The quantitative estimate of drug-likeness (QED) is 0.0565. The fourth-order valence-electron chi connectivity index (χ4n) is 5.20. The number of carbonyl (C=O) groups is 2. The molecule has 0 unspecified atom stereocenters. The summed E-state index contributed by atoms with van der Waals surface area (Å²) in [6.07, 6.45) is 0. The normalized spacial score (nSPS) is 11.6. The third kappa shape index (κ3) is 7.91. The molecule has 0 atom stereocenters. The SMILES string of the molecule is Cc1ccc(Nc2nc(Cl)nc(Nc3cc(N=Nc4c(O)c(C(=O)Nc5nc6ccccc6s5)cc5cc(C(=O)O)ccc45)cc(S(=O)(=O)O)c3)n2)cc1. The Bertz CT molecular complexity index is 2750. The van der Waals surface area contributed by atoms with Crippen LogP contribution in [-0.2, 0) is 10.1 Å². The number of hydrogen-bond donors (Lipinski definition) is 6. The van der Waals surface area contributed by atoms with Crippen molar-refractivity contribution >= 4 is 106 Å². The number of amides is 1. The van der Waals surface area contributed by atoms with Crippen molar-refractivity contribution < 1.29 is 32.8 Å². The van der Waals surface area contributed by atoms with Crippen LogP contribution in [0.4, 0.5) is 39.8 Å². The molecule has 270 valence electrons. The van der Waals surface area contributed by atoms with E-state index < -0.39 is 32.6 Å². The minimum Gasteiger partial charge on any atom is -0.505 e. The number of benzene rings is 5. The third-order valence-corrected chi connectivity index (χ3v) is 9.67. The zero-order valence-electron chi connectivity index (χ0n) is 27.5. The number of thiazole rings is 1. The smallest absolute Gasteiger partial charge is 0.335 e. The molecule has 0 fully saturated rings. The van der Waals surface area contributed by atoms with Crippen molar-refractivity contribution in [1.82, 2.24) is 19.9 Å². The summed E-state index contributed by atoms with van der Waals surface area (Å²) in [5.74, 6) is -2.62. The van der Waals surface area contributed by atoms with Crippen LogP contribution in [0.2, 0.25) is 5.28 Å². The van der Waals surface area contributed by atoms with Crippen LogP contribution in [0.5, 0.6) is 5.75 Å². The highest BCUT2D eigenvalue weighted by Gasteiger charge is 2.21. The van der Waals surface area contributed by atoms with E-state index >= 15 is 0 Å². The van der Waals surface area contributed by atoms with E-state index in [1.165, 1.54) is 41.7 Å². The monoisotopic (exact) mass is 781 g/mol. The van der Waals surface area contributed by atoms with Crippen LogP contribution in [0.1, 0.15) is 26.3 Å². The molecule has 0 radical (unpaired) electrons. The number of halogens is 1. The number of phenolic OH excluding ortho intramolecular Hbond substituents is 1. The molecule has 0 spiro atoms. The lowest BCUT2D eigenvalue weighted by Gasteiger charge is -2.11. The van der Waals surface area contributed by atoms with E-state index in [0.29, 0.717) is 11.2 Å². The van der Waals surface area contributed by atoms with Gasteiger partial charge in [-0.15, -0.1) is 5.11 Å². The molecule has 54 heavy (non-hydrogen) atoms. The first-order valence-electron chi connectivity index (χ1n) is 15.6. The Morgan fingerprint density at radius 1 is 0.833 bits per heavy atom. The van der Waals surface area contributed by atoms with Gasteiger partial charge in [0.25, 0.3) is 16.0 Å². The number of phenols is 1. The molecular weight excluding hydrogens is 758 g/mol. The number of rotatable bonds is 10. The number of carbonyl (C=O) groups excluding carboxylic acids is 1. The number of aromatic carboxylic acids is 1. The molecule has 0 bridgehead atoms. The average Bonchev–Trinajstić information content (AvgIpc) is 3.53. The van der Waals surface area contributed by atoms with Gasteiger partial charge in [0, 0.05) is 16.8 Å². The Morgan fingerprint density at radius 3 is 2.26 bits per heavy atom. The Labute approximate surface area is 314 Å². The van der Waals surface area contributed by atoms with Crippen molar-refractivity contribution in [3.63, 3.8) is 0 Å². The molecular formula is C35H24ClN9O7S2. The molecule has 0 saturated carbocycles. The summed E-state index contributed by atoms with van der Waals surface area (Å²) in [4.78, 5) is 41.5. The maximum Gasteiger partial charge on any atom is 0.335 e. The van der Waals surface area contributed by atoms with Gasteiger partial charge in [0.1, 0.15) is 5.69 Å². The van der Waals surface area contributed by atoms with Gasteiger partial charge in [0.2, 0.25) is 17.2 Å². The fraction of sp³-hybridized carbons (Fsp3) is 0.0286. The Hall–Kier alpha value is -6.60. The third-order valence-electron chi connectivity index (χ3n) is 7.72. The van der Waals surface area contributed by atoms with Crippen molar-refractivity contribution in [3.8, 4) is 5.75 Å². The second-order valence-electron chi connectivity index (χ2n) is 11.6. The summed E-state index contributed by atoms with van der Waals surface area (Å²) in [5.41, 5.74) is 1.66. The van der Waals surface area contributed by atoms with Crippen LogP contribution in [0.3, 0.4) is 0 Å². The van der Waals surface area contributed by atoms with Crippen LogP contribution in [0.15, 0.2) is 106 Å². The highest BCUT2D eigenvalue weighted by Crippen LogP contribution is 2.41. The molecule has 6 N–H and O–H groups in total. The van der Waals surface area contributed by atoms with E-state index in [2.05, 4.69) is 46.1 Å². The lowest BCUT2D eigenvalue weighted by atomic mass is 10.0. The predicted molar refractivity (Wildman–Crippen MR) is 203 cm³/mol. The molecule has 2 aromatic heterocycles. The van der Waals surface area contributed by atoms with Crippen LogP contribution in [0.25, 0.3) is 21.0 Å². The first kappa shape index (κ1) is 35.8. The van der Waals surface area contributed by atoms with E-state index in [-0.39, 0.29) is 61.3 Å². The van der Waals surface area contributed by atoms with E-state index in [1.54, 1.807) is 12.1 Å². The molecule has 5 aromatic carbocycles. The van der Waals surface area contributed by atoms with Crippen LogP contribution >= 0.6 is 22.9 Å². The van der Waals surface area contributed by atoms with Crippen molar-refractivity contribution in [3.05, 3.63) is 113 Å². The lowest BCUT2D eigenvalue weighted by molar-refractivity contribution is 0.0696. The Kier molecular flexibility index (Phi) is 9.57. The van der Waals surface area contributed by atoms with Crippen LogP contribution in [0, 0.1) is 6.92 Å². The van der Waals surface area contributed by atoms with E-state index in [4.69, 9.17) is 11.6 Å². The number of aromatic nitrogens is 4. The largest absolute Gasteiger partial charge is 0.505 e. The van der Waals surface area contributed by atoms with E-state index in [1.807, 2.05) is 43.3 Å². The number of hydrogen-bond acceptors (Lipinski definition) is 14. The number of nitrogens with zero attached hydrogens (tertiary/aromatic N) is 6. The molecule has 16 nitrogen and oxygen atoms in total. The summed E-state index contributed by atoms with van der Waals surface area (Å²) in [5, 5.41) is 38.3. The second kappa shape index (κ2) is 14.4. The topological polar surface area (TPSA) is 241 Å².